The van der Waals surface area contributed by atoms with Gasteiger partial charge in [-0.25, -0.2) is 9.97 Å². The molecule has 1 aromatic heterocycles. The molecule has 0 saturated carbocycles. The summed E-state index contributed by atoms with van der Waals surface area (Å²) in [5.74, 6) is 1.10. The SMILES string of the molecule is CCN1CCC(Oc2cccc3cnc(N)nc23)CC1. The molecule has 0 spiro atoms. The monoisotopic (exact) mass is 272 g/mol. The lowest BCUT2D eigenvalue weighted by Gasteiger charge is -2.31. The highest BCUT2D eigenvalue weighted by Gasteiger charge is 2.20. The van der Waals surface area contributed by atoms with Gasteiger partial charge in [0.25, 0.3) is 0 Å². The molecule has 1 aliphatic rings. The summed E-state index contributed by atoms with van der Waals surface area (Å²) in [6.07, 6.45) is 4.12. The molecule has 0 radical (unpaired) electrons. The van der Waals surface area contributed by atoms with Crippen LogP contribution in [0.25, 0.3) is 10.9 Å². The third-order valence-electron chi connectivity index (χ3n) is 3.87. The molecule has 1 fully saturated rings. The number of nitrogens with zero attached hydrogens (tertiary/aromatic N) is 3. The van der Waals surface area contributed by atoms with Crippen molar-refractivity contribution in [2.75, 3.05) is 25.4 Å². The van der Waals surface area contributed by atoms with Crippen molar-refractivity contribution in [2.45, 2.75) is 25.9 Å². The Balaban J connectivity index is 1.79. The van der Waals surface area contributed by atoms with E-state index in [4.69, 9.17) is 10.5 Å². The number of rotatable bonds is 3. The van der Waals surface area contributed by atoms with Crippen molar-refractivity contribution in [3.63, 3.8) is 0 Å². The van der Waals surface area contributed by atoms with Gasteiger partial charge in [0.15, 0.2) is 0 Å². The molecule has 20 heavy (non-hydrogen) atoms. The Morgan fingerprint density at radius 2 is 2.15 bits per heavy atom. The molecule has 0 atom stereocenters. The van der Waals surface area contributed by atoms with E-state index >= 15 is 0 Å². The van der Waals surface area contributed by atoms with E-state index in [1.54, 1.807) is 6.20 Å². The number of hydrogen-bond acceptors (Lipinski definition) is 5. The van der Waals surface area contributed by atoms with E-state index < -0.39 is 0 Å². The summed E-state index contributed by atoms with van der Waals surface area (Å²) in [4.78, 5) is 10.8. The molecular weight excluding hydrogens is 252 g/mol. The minimum Gasteiger partial charge on any atom is -0.488 e. The zero-order valence-corrected chi connectivity index (χ0v) is 11.7. The Hall–Kier alpha value is -1.88. The van der Waals surface area contributed by atoms with Gasteiger partial charge >= 0.3 is 0 Å². The fourth-order valence-corrected chi connectivity index (χ4v) is 2.66. The van der Waals surface area contributed by atoms with Gasteiger partial charge in [-0.1, -0.05) is 19.1 Å². The van der Waals surface area contributed by atoms with Crippen molar-refractivity contribution in [1.82, 2.24) is 14.9 Å². The lowest BCUT2D eigenvalue weighted by atomic mass is 10.1. The molecule has 3 rings (SSSR count). The topological polar surface area (TPSA) is 64.3 Å². The molecule has 0 amide bonds. The van der Waals surface area contributed by atoms with E-state index in [0.29, 0.717) is 0 Å². The maximum atomic E-state index is 6.14. The summed E-state index contributed by atoms with van der Waals surface area (Å²) < 4.78 is 6.14. The summed E-state index contributed by atoms with van der Waals surface area (Å²) >= 11 is 0. The van der Waals surface area contributed by atoms with E-state index in [1.165, 1.54) is 0 Å². The van der Waals surface area contributed by atoms with Crippen LogP contribution in [0.5, 0.6) is 5.75 Å². The van der Waals surface area contributed by atoms with Crippen LogP contribution < -0.4 is 10.5 Å². The Labute approximate surface area is 118 Å². The first-order valence-corrected chi connectivity index (χ1v) is 7.16. The Bertz CT molecular complexity index is 593. The van der Waals surface area contributed by atoms with Crippen LogP contribution in [0.3, 0.4) is 0 Å². The predicted molar refractivity (Wildman–Crippen MR) is 79.7 cm³/mol. The molecule has 2 aromatic rings. The smallest absolute Gasteiger partial charge is 0.220 e. The van der Waals surface area contributed by atoms with Gasteiger partial charge in [0, 0.05) is 24.7 Å². The summed E-state index contributed by atoms with van der Waals surface area (Å²) in [5.41, 5.74) is 6.48. The van der Waals surface area contributed by atoms with Crippen LogP contribution in [0.1, 0.15) is 19.8 Å². The highest BCUT2D eigenvalue weighted by atomic mass is 16.5. The summed E-state index contributed by atoms with van der Waals surface area (Å²) in [6.45, 7) is 5.52. The summed E-state index contributed by atoms with van der Waals surface area (Å²) in [6, 6.07) is 5.90. The molecule has 2 heterocycles. The number of aromatic nitrogens is 2. The highest BCUT2D eigenvalue weighted by molar-refractivity contribution is 5.84. The minimum atomic E-state index is 0.264. The molecule has 5 nitrogen and oxygen atoms in total. The number of para-hydroxylation sites is 1. The van der Waals surface area contributed by atoms with Crippen LogP contribution in [-0.2, 0) is 0 Å². The second-order valence-corrected chi connectivity index (χ2v) is 5.17. The third-order valence-corrected chi connectivity index (χ3v) is 3.87. The highest BCUT2D eigenvalue weighted by Crippen LogP contribution is 2.26. The molecule has 2 N–H and O–H groups in total. The van der Waals surface area contributed by atoms with Gasteiger partial charge in [-0.3, -0.25) is 0 Å². The second-order valence-electron chi connectivity index (χ2n) is 5.17. The molecule has 106 valence electrons. The summed E-state index contributed by atoms with van der Waals surface area (Å²) in [5, 5.41) is 0.961. The van der Waals surface area contributed by atoms with Crippen LogP contribution in [0.15, 0.2) is 24.4 Å². The van der Waals surface area contributed by atoms with Crippen LogP contribution in [-0.4, -0.2) is 40.6 Å². The molecule has 0 unspecified atom stereocenters. The van der Waals surface area contributed by atoms with Crippen molar-refractivity contribution < 1.29 is 4.74 Å². The number of fused-ring (bicyclic) bond motifs is 1. The van der Waals surface area contributed by atoms with E-state index in [1.807, 2.05) is 18.2 Å². The molecule has 0 aliphatic carbocycles. The lowest BCUT2D eigenvalue weighted by Crippen LogP contribution is -2.38. The van der Waals surface area contributed by atoms with Crippen molar-refractivity contribution in [1.29, 1.82) is 0 Å². The second kappa shape index (κ2) is 5.63. The number of likely N-dealkylation sites (tertiary alicyclic amines) is 1. The normalized spacial score (nSPS) is 17.4. The van der Waals surface area contributed by atoms with E-state index in [-0.39, 0.29) is 12.1 Å². The lowest BCUT2D eigenvalue weighted by molar-refractivity contribution is 0.105. The average molecular weight is 272 g/mol. The van der Waals surface area contributed by atoms with Crippen LogP contribution in [0.2, 0.25) is 0 Å². The number of nitrogen functional groups attached to an aromatic ring is 1. The molecule has 0 bridgehead atoms. The Morgan fingerprint density at radius 3 is 2.90 bits per heavy atom. The molecule has 1 saturated heterocycles. The van der Waals surface area contributed by atoms with Gasteiger partial charge in [0.1, 0.15) is 17.4 Å². The van der Waals surface area contributed by atoms with Crippen molar-refractivity contribution in [3.05, 3.63) is 24.4 Å². The van der Waals surface area contributed by atoms with Crippen LogP contribution in [0.4, 0.5) is 5.95 Å². The van der Waals surface area contributed by atoms with E-state index in [9.17, 15) is 0 Å². The zero-order valence-electron chi connectivity index (χ0n) is 11.7. The van der Waals surface area contributed by atoms with Gasteiger partial charge in [-0.2, -0.15) is 0 Å². The standard InChI is InChI=1S/C15H20N4O/c1-2-19-8-6-12(7-9-19)20-13-5-3-4-11-10-17-15(16)18-14(11)13/h3-5,10,12H,2,6-9H2,1H3,(H2,16,17,18). The average Bonchev–Trinajstić information content (AvgIpc) is 2.49. The maximum absolute atomic E-state index is 6.14. The van der Waals surface area contributed by atoms with Crippen LogP contribution >= 0.6 is 0 Å². The number of anilines is 1. The number of nitrogens with two attached hydrogens (primary N) is 1. The zero-order chi connectivity index (χ0) is 13.9. The molecule has 1 aromatic carbocycles. The van der Waals surface area contributed by atoms with Crippen molar-refractivity contribution in [3.8, 4) is 5.75 Å². The fourth-order valence-electron chi connectivity index (χ4n) is 2.66. The number of hydrogen-bond donors (Lipinski definition) is 1. The van der Waals surface area contributed by atoms with Gasteiger partial charge in [-0.05, 0) is 25.5 Å². The van der Waals surface area contributed by atoms with E-state index in [0.717, 1.165) is 49.1 Å². The Kier molecular flexibility index (Phi) is 3.69. The van der Waals surface area contributed by atoms with Crippen molar-refractivity contribution >= 4 is 16.9 Å². The molecular formula is C15H20N4O. The maximum Gasteiger partial charge on any atom is 0.220 e. The fraction of sp³-hybridized carbons (Fsp3) is 0.467. The molecule has 1 aliphatic heterocycles. The first-order valence-electron chi connectivity index (χ1n) is 7.16. The first kappa shape index (κ1) is 13.1. The quantitative estimate of drug-likeness (QED) is 0.926. The number of piperidine rings is 1. The van der Waals surface area contributed by atoms with Gasteiger partial charge < -0.3 is 15.4 Å². The van der Waals surface area contributed by atoms with Gasteiger partial charge in [0.2, 0.25) is 5.95 Å². The number of ether oxygens (including phenoxy) is 1. The minimum absolute atomic E-state index is 0.264. The van der Waals surface area contributed by atoms with Crippen molar-refractivity contribution in [2.24, 2.45) is 0 Å². The first-order chi connectivity index (χ1) is 9.76. The largest absolute Gasteiger partial charge is 0.488 e. The molecule has 5 heteroatoms. The van der Waals surface area contributed by atoms with E-state index in [2.05, 4.69) is 21.8 Å². The van der Waals surface area contributed by atoms with Gasteiger partial charge in [-0.15, -0.1) is 0 Å². The predicted octanol–water partition coefficient (Wildman–Crippen LogP) is 2.08. The Morgan fingerprint density at radius 1 is 1.35 bits per heavy atom. The third kappa shape index (κ3) is 2.67. The van der Waals surface area contributed by atoms with Crippen LogP contribution in [0, 0.1) is 0 Å². The number of benzene rings is 1. The summed E-state index contributed by atoms with van der Waals surface area (Å²) in [7, 11) is 0. The van der Waals surface area contributed by atoms with Gasteiger partial charge in [0.05, 0.1) is 0 Å².